The maximum Gasteiger partial charge on any atom is 0.130 e. The van der Waals surface area contributed by atoms with Crippen LogP contribution in [0, 0.1) is 18.3 Å². The van der Waals surface area contributed by atoms with Crippen LogP contribution in [0.25, 0.3) is 0 Å². The van der Waals surface area contributed by atoms with Gasteiger partial charge in [-0.2, -0.15) is 17.0 Å². The lowest BCUT2D eigenvalue weighted by atomic mass is 10.2. The van der Waals surface area contributed by atoms with Crippen molar-refractivity contribution in [3.8, 4) is 6.07 Å². The van der Waals surface area contributed by atoms with E-state index in [0.29, 0.717) is 5.56 Å². The van der Waals surface area contributed by atoms with Crippen molar-refractivity contribution in [3.05, 3.63) is 23.4 Å². The van der Waals surface area contributed by atoms with Gasteiger partial charge in [0, 0.05) is 24.5 Å². The first kappa shape index (κ1) is 11.3. The number of hydrogen-bond donors (Lipinski definition) is 0. The first-order valence-electron chi connectivity index (χ1n) is 5.51. The van der Waals surface area contributed by atoms with Crippen LogP contribution in [0.2, 0.25) is 0 Å². The summed E-state index contributed by atoms with van der Waals surface area (Å²) in [5, 5.41) is 8.94. The summed E-state index contributed by atoms with van der Waals surface area (Å²) in [4.78, 5) is 6.80. The zero-order valence-corrected chi connectivity index (χ0v) is 10.3. The monoisotopic (exact) mass is 233 g/mol. The average molecular weight is 233 g/mol. The third-order valence-electron chi connectivity index (χ3n) is 2.62. The highest BCUT2D eigenvalue weighted by atomic mass is 32.2. The number of aryl methyl sites for hydroxylation is 1. The van der Waals surface area contributed by atoms with Crippen LogP contribution in [-0.2, 0) is 0 Å². The van der Waals surface area contributed by atoms with Gasteiger partial charge in [-0.25, -0.2) is 4.98 Å². The largest absolute Gasteiger partial charge is 0.356 e. The van der Waals surface area contributed by atoms with Crippen LogP contribution >= 0.6 is 11.8 Å². The maximum atomic E-state index is 8.94. The second-order valence-corrected chi connectivity index (χ2v) is 5.14. The topological polar surface area (TPSA) is 39.9 Å². The highest BCUT2D eigenvalue weighted by Gasteiger charge is 2.12. The standard InChI is InChI=1S/C12H15N3S/c1-10-7-11(9-13)8-12(14-10)15-3-2-5-16-6-4-15/h7-8H,2-6H2,1H3. The smallest absolute Gasteiger partial charge is 0.130 e. The normalized spacial score (nSPS) is 16.6. The molecule has 0 N–H and O–H groups in total. The van der Waals surface area contributed by atoms with E-state index in [9.17, 15) is 0 Å². The Morgan fingerprint density at radius 1 is 1.38 bits per heavy atom. The molecular formula is C12H15N3S. The Morgan fingerprint density at radius 3 is 3.06 bits per heavy atom. The Labute approximate surface area is 100 Å². The molecule has 0 aliphatic carbocycles. The van der Waals surface area contributed by atoms with Crippen LogP contribution in [0.5, 0.6) is 0 Å². The second-order valence-electron chi connectivity index (χ2n) is 3.92. The second kappa shape index (κ2) is 5.22. The number of rotatable bonds is 1. The zero-order chi connectivity index (χ0) is 11.4. The molecule has 1 aliphatic rings. The molecule has 0 saturated carbocycles. The third kappa shape index (κ3) is 2.67. The van der Waals surface area contributed by atoms with Gasteiger partial charge in [-0.15, -0.1) is 0 Å². The van der Waals surface area contributed by atoms with Crippen LogP contribution in [-0.4, -0.2) is 29.6 Å². The van der Waals surface area contributed by atoms with Crippen LogP contribution in [0.15, 0.2) is 12.1 Å². The van der Waals surface area contributed by atoms with Crippen molar-refractivity contribution < 1.29 is 0 Å². The Kier molecular flexibility index (Phi) is 3.68. The van der Waals surface area contributed by atoms with E-state index in [1.807, 2.05) is 30.8 Å². The van der Waals surface area contributed by atoms with Gasteiger partial charge < -0.3 is 4.90 Å². The first-order chi connectivity index (χ1) is 7.79. The van der Waals surface area contributed by atoms with E-state index in [0.717, 1.165) is 30.4 Å². The van der Waals surface area contributed by atoms with E-state index >= 15 is 0 Å². The molecule has 1 aromatic heterocycles. The summed E-state index contributed by atoms with van der Waals surface area (Å²) in [6.45, 7) is 4.03. The summed E-state index contributed by atoms with van der Waals surface area (Å²) in [7, 11) is 0. The Morgan fingerprint density at radius 2 is 2.25 bits per heavy atom. The van der Waals surface area contributed by atoms with Gasteiger partial charge in [0.25, 0.3) is 0 Å². The quantitative estimate of drug-likeness (QED) is 0.745. The lowest BCUT2D eigenvalue weighted by molar-refractivity contribution is 0.798. The number of nitriles is 1. The predicted octanol–water partition coefficient (Wildman–Crippen LogP) is 2.21. The molecule has 0 bridgehead atoms. The molecule has 1 saturated heterocycles. The Bertz CT molecular complexity index is 403. The number of nitrogens with zero attached hydrogens (tertiary/aromatic N) is 3. The van der Waals surface area contributed by atoms with Gasteiger partial charge in [0.2, 0.25) is 0 Å². The summed E-state index contributed by atoms with van der Waals surface area (Å²) >= 11 is 1.99. The van der Waals surface area contributed by atoms with Gasteiger partial charge in [0.15, 0.2) is 0 Å². The lowest BCUT2D eigenvalue weighted by Gasteiger charge is -2.21. The van der Waals surface area contributed by atoms with Gasteiger partial charge in [0.1, 0.15) is 5.82 Å². The van der Waals surface area contributed by atoms with Gasteiger partial charge >= 0.3 is 0 Å². The van der Waals surface area contributed by atoms with Gasteiger partial charge in [0.05, 0.1) is 11.6 Å². The van der Waals surface area contributed by atoms with E-state index in [1.54, 1.807) is 0 Å². The first-order valence-corrected chi connectivity index (χ1v) is 6.66. The van der Waals surface area contributed by atoms with Gasteiger partial charge in [-0.3, -0.25) is 0 Å². The van der Waals surface area contributed by atoms with Gasteiger partial charge in [-0.05, 0) is 31.2 Å². The lowest BCUT2D eigenvalue weighted by Crippen LogP contribution is -2.26. The summed E-state index contributed by atoms with van der Waals surface area (Å²) in [5.74, 6) is 3.34. The summed E-state index contributed by atoms with van der Waals surface area (Å²) in [5.41, 5.74) is 1.63. The highest BCUT2D eigenvalue weighted by molar-refractivity contribution is 7.99. The van der Waals surface area contributed by atoms with E-state index in [1.165, 1.54) is 12.2 Å². The van der Waals surface area contributed by atoms with E-state index in [4.69, 9.17) is 5.26 Å². The summed E-state index contributed by atoms with van der Waals surface area (Å²) in [6, 6.07) is 5.91. The molecule has 0 aromatic carbocycles. The van der Waals surface area contributed by atoms with Crippen molar-refractivity contribution >= 4 is 17.6 Å². The van der Waals surface area contributed by atoms with Crippen molar-refractivity contribution in [1.29, 1.82) is 5.26 Å². The van der Waals surface area contributed by atoms with E-state index < -0.39 is 0 Å². The molecule has 0 atom stereocenters. The summed E-state index contributed by atoms with van der Waals surface area (Å²) < 4.78 is 0. The number of thioether (sulfide) groups is 1. The molecule has 1 fully saturated rings. The number of aromatic nitrogens is 1. The molecule has 0 radical (unpaired) electrons. The third-order valence-corrected chi connectivity index (χ3v) is 3.66. The van der Waals surface area contributed by atoms with Crippen LogP contribution in [0.4, 0.5) is 5.82 Å². The average Bonchev–Trinajstić information content (AvgIpc) is 2.56. The molecule has 2 rings (SSSR count). The minimum Gasteiger partial charge on any atom is -0.356 e. The molecule has 1 aromatic rings. The fourth-order valence-electron chi connectivity index (χ4n) is 1.85. The maximum absolute atomic E-state index is 8.94. The molecule has 84 valence electrons. The fourth-order valence-corrected chi connectivity index (χ4v) is 2.74. The van der Waals surface area contributed by atoms with Crippen LogP contribution in [0.3, 0.4) is 0 Å². The highest BCUT2D eigenvalue weighted by Crippen LogP contribution is 2.18. The molecule has 0 unspecified atom stereocenters. The van der Waals surface area contributed by atoms with Crippen molar-refractivity contribution in [3.63, 3.8) is 0 Å². The number of anilines is 1. The van der Waals surface area contributed by atoms with E-state index in [2.05, 4.69) is 16.0 Å². The van der Waals surface area contributed by atoms with Crippen LogP contribution < -0.4 is 4.90 Å². The molecule has 1 aliphatic heterocycles. The van der Waals surface area contributed by atoms with Gasteiger partial charge in [-0.1, -0.05) is 0 Å². The summed E-state index contributed by atoms with van der Waals surface area (Å²) in [6.07, 6.45) is 1.20. The molecular weight excluding hydrogens is 218 g/mol. The SMILES string of the molecule is Cc1cc(C#N)cc(N2CCCSCC2)n1. The van der Waals surface area contributed by atoms with Crippen molar-refractivity contribution in [2.75, 3.05) is 29.5 Å². The Hall–Kier alpha value is -1.21. The molecule has 3 nitrogen and oxygen atoms in total. The van der Waals surface area contributed by atoms with E-state index in [-0.39, 0.29) is 0 Å². The molecule has 0 spiro atoms. The number of hydrogen-bond acceptors (Lipinski definition) is 4. The van der Waals surface area contributed by atoms with Crippen molar-refractivity contribution in [2.24, 2.45) is 0 Å². The zero-order valence-electron chi connectivity index (χ0n) is 9.44. The molecule has 16 heavy (non-hydrogen) atoms. The molecule has 2 heterocycles. The minimum absolute atomic E-state index is 0.708. The van der Waals surface area contributed by atoms with Crippen LogP contribution in [0.1, 0.15) is 17.7 Å². The molecule has 0 amide bonds. The minimum atomic E-state index is 0.708. The predicted molar refractivity (Wildman–Crippen MR) is 67.8 cm³/mol. The molecule has 4 heteroatoms. The van der Waals surface area contributed by atoms with Crippen molar-refractivity contribution in [1.82, 2.24) is 4.98 Å². The Balaban J connectivity index is 2.24. The number of pyridine rings is 1. The van der Waals surface area contributed by atoms with Crippen molar-refractivity contribution in [2.45, 2.75) is 13.3 Å². The fraction of sp³-hybridized carbons (Fsp3) is 0.500.